The normalized spacial score (nSPS) is 14.7. The van der Waals surface area contributed by atoms with E-state index < -0.39 is 5.97 Å². The number of cyclic esters (lactones) is 1. The lowest BCUT2D eigenvalue weighted by Crippen LogP contribution is -2.06. The second-order valence-electron chi connectivity index (χ2n) is 6.01. The van der Waals surface area contributed by atoms with Gasteiger partial charge in [-0.2, -0.15) is 0 Å². The van der Waals surface area contributed by atoms with Crippen molar-refractivity contribution in [2.45, 2.75) is 13.3 Å². The molecular weight excluding hydrogens is 346 g/mol. The molecule has 0 radical (unpaired) electrons. The smallest absolute Gasteiger partial charge is 0.363 e. The summed E-state index contributed by atoms with van der Waals surface area (Å²) in [6.07, 6.45) is 2.06. The van der Waals surface area contributed by atoms with Gasteiger partial charge in [0.15, 0.2) is 5.70 Å². The molecule has 2 aromatic carbocycles. The number of aryl methyl sites for hydroxylation is 1. The number of nitrogens with zero attached hydrogens (tertiary/aromatic N) is 1. The van der Waals surface area contributed by atoms with Crippen molar-refractivity contribution in [1.29, 1.82) is 0 Å². The zero-order valence-electron chi connectivity index (χ0n) is 15.7. The highest BCUT2D eigenvalue weighted by Crippen LogP contribution is 2.31. The van der Waals surface area contributed by atoms with Crippen LogP contribution in [0, 0.1) is 6.92 Å². The van der Waals surface area contributed by atoms with Crippen molar-refractivity contribution < 1.29 is 23.7 Å². The molecule has 1 aliphatic heterocycles. The van der Waals surface area contributed by atoms with Crippen LogP contribution < -0.4 is 14.2 Å². The quantitative estimate of drug-likeness (QED) is 0.577. The Morgan fingerprint density at radius 3 is 2.33 bits per heavy atom. The number of hydrogen-bond donors (Lipinski definition) is 0. The summed E-state index contributed by atoms with van der Waals surface area (Å²) in [7, 11) is 4.79. The fourth-order valence-electron chi connectivity index (χ4n) is 2.78. The predicted molar refractivity (Wildman–Crippen MR) is 102 cm³/mol. The summed E-state index contributed by atoms with van der Waals surface area (Å²) in [6, 6.07) is 11.2. The fourth-order valence-corrected chi connectivity index (χ4v) is 2.78. The van der Waals surface area contributed by atoms with E-state index in [1.165, 1.54) is 0 Å². The number of ether oxygens (including phenoxy) is 4. The van der Waals surface area contributed by atoms with Gasteiger partial charge >= 0.3 is 5.97 Å². The summed E-state index contributed by atoms with van der Waals surface area (Å²) >= 11 is 0. The van der Waals surface area contributed by atoms with Gasteiger partial charge in [-0.25, -0.2) is 9.79 Å². The van der Waals surface area contributed by atoms with Gasteiger partial charge in [0.2, 0.25) is 5.90 Å². The molecule has 140 valence electrons. The van der Waals surface area contributed by atoms with Gasteiger partial charge in [0, 0.05) is 12.0 Å². The van der Waals surface area contributed by atoms with Crippen LogP contribution in [0.1, 0.15) is 16.7 Å². The summed E-state index contributed by atoms with van der Waals surface area (Å²) in [5, 5.41) is 0. The van der Waals surface area contributed by atoms with Gasteiger partial charge < -0.3 is 18.9 Å². The van der Waals surface area contributed by atoms with E-state index in [1.807, 2.05) is 43.3 Å². The molecule has 0 atom stereocenters. The van der Waals surface area contributed by atoms with Gasteiger partial charge in [-0.3, -0.25) is 0 Å². The van der Waals surface area contributed by atoms with Crippen LogP contribution in [0.2, 0.25) is 0 Å². The van der Waals surface area contributed by atoms with E-state index in [0.29, 0.717) is 29.4 Å². The van der Waals surface area contributed by atoms with Crippen molar-refractivity contribution in [2.75, 3.05) is 21.3 Å². The Labute approximate surface area is 158 Å². The number of carbonyl (C=O) groups excluding carboxylic acids is 1. The van der Waals surface area contributed by atoms with Gasteiger partial charge in [-0.05, 0) is 48.4 Å². The van der Waals surface area contributed by atoms with Crippen molar-refractivity contribution in [3.8, 4) is 17.2 Å². The summed E-state index contributed by atoms with van der Waals surface area (Å²) in [6.45, 7) is 1.92. The first-order valence-corrected chi connectivity index (χ1v) is 8.41. The highest BCUT2D eigenvalue weighted by Gasteiger charge is 2.23. The van der Waals surface area contributed by atoms with E-state index >= 15 is 0 Å². The van der Waals surface area contributed by atoms with Crippen LogP contribution in [0.4, 0.5) is 0 Å². The largest absolute Gasteiger partial charge is 0.497 e. The van der Waals surface area contributed by atoms with Crippen molar-refractivity contribution >= 4 is 17.9 Å². The van der Waals surface area contributed by atoms with Gasteiger partial charge in [-0.1, -0.05) is 12.1 Å². The van der Waals surface area contributed by atoms with E-state index in [2.05, 4.69) is 4.99 Å². The second-order valence-corrected chi connectivity index (χ2v) is 6.01. The number of aliphatic imine (C=N–C) groups is 1. The third kappa shape index (κ3) is 4.11. The molecule has 0 unspecified atom stereocenters. The van der Waals surface area contributed by atoms with E-state index in [0.717, 1.165) is 16.9 Å². The maximum atomic E-state index is 12.2. The van der Waals surface area contributed by atoms with Crippen LogP contribution in [0.5, 0.6) is 17.2 Å². The molecule has 0 fully saturated rings. The van der Waals surface area contributed by atoms with Crippen LogP contribution in [0.25, 0.3) is 6.08 Å². The van der Waals surface area contributed by atoms with E-state index in [9.17, 15) is 4.79 Å². The molecule has 1 aliphatic rings. The molecule has 3 rings (SSSR count). The average molecular weight is 367 g/mol. The summed E-state index contributed by atoms with van der Waals surface area (Å²) in [4.78, 5) is 16.5. The number of hydrogen-bond acceptors (Lipinski definition) is 6. The van der Waals surface area contributed by atoms with E-state index in [4.69, 9.17) is 18.9 Å². The fraction of sp³-hybridized carbons (Fsp3) is 0.238. The molecule has 2 aromatic rings. The standard InChI is InChI=1S/C21H21NO5/c1-13-9-19(26-4)15(12-18(13)25-3)11-17-21(23)27-20(22-17)10-14-5-7-16(24-2)8-6-14/h5-9,11-12H,10H2,1-4H3/b17-11+. The van der Waals surface area contributed by atoms with Gasteiger partial charge in [0.25, 0.3) is 0 Å². The van der Waals surface area contributed by atoms with Gasteiger partial charge in [0.1, 0.15) is 17.2 Å². The molecule has 0 aromatic heterocycles. The van der Waals surface area contributed by atoms with Gasteiger partial charge in [0.05, 0.1) is 21.3 Å². The molecule has 6 heteroatoms. The molecule has 0 spiro atoms. The average Bonchev–Trinajstić information content (AvgIpc) is 3.02. The lowest BCUT2D eigenvalue weighted by atomic mass is 10.1. The van der Waals surface area contributed by atoms with E-state index in [1.54, 1.807) is 27.4 Å². The zero-order valence-corrected chi connectivity index (χ0v) is 15.7. The first-order chi connectivity index (χ1) is 13.0. The van der Waals surface area contributed by atoms with Crippen molar-refractivity contribution in [2.24, 2.45) is 4.99 Å². The molecule has 0 saturated carbocycles. The highest BCUT2D eigenvalue weighted by atomic mass is 16.6. The lowest BCUT2D eigenvalue weighted by Gasteiger charge is -2.10. The molecule has 0 aliphatic carbocycles. The van der Waals surface area contributed by atoms with Crippen molar-refractivity contribution in [3.05, 3.63) is 58.8 Å². The molecule has 0 amide bonds. The van der Waals surface area contributed by atoms with E-state index in [-0.39, 0.29) is 5.70 Å². The summed E-state index contributed by atoms with van der Waals surface area (Å²) in [5.41, 5.74) is 2.83. The molecule has 6 nitrogen and oxygen atoms in total. The number of benzene rings is 2. The molecule has 0 bridgehead atoms. The molecule has 0 saturated heterocycles. The molecule has 0 N–H and O–H groups in total. The maximum absolute atomic E-state index is 12.2. The third-order valence-electron chi connectivity index (χ3n) is 4.22. The number of methoxy groups -OCH3 is 3. The molecule has 27 heavy (non-hydrogen) atoms. The number of rotatable bonds is 6. The maximum Gasteiger partial charge on any atom is 0.363 e. The summed E-state index contributed by atoms with van der Waals surface area (Å²) in [5.74, 6) is 1.98. The Hall–Kier alpha value is -3.28. The Morgan fingerprint density at radius 2 is 1.70 bits per heavy atom. The van der Waals surface area contributed by atoms with Crippen LogP contribution >= 0.6 is 0 Å². The first kappa shape index (κ1) is 18.5. The van der Waals surface area contributed by atoms with Crippen LogP contribution in [0.15, 0.2) is 47.1 Å². The Kier molecular flexibility index (Phi) is 5.45. The van der Waals surface area contributed by atoms with Crippen LogP contribution in [-0.2, 0) is 16.0 Å². The predicted octanol–water partition coefficient (Wildman–Crippen LogP) is 3.56. The first-order valence-electron chi connectivity index (χ1n) is 8.41. The van der Waals surface area contributed by atoms with Crippen LogP contribution in [-0.4, -0.2) is 33.2 Å². The molecule has 1 heterocycles. The summed E-state index contributed by atoms with van der Waals surface area (Å²) < 4.78 is 21.2. The van der Waals surface area contributed by atoms with Crippen LogP contribution in [0.3, 0.4) is 0 Å². The number of carbonyl (C=O) groups is 1. The Bertz CT molecular complexity index is 913. The minimum atomic E-state index is -0.486. The minimum absolute atomic E-state index is 0.225. The Balaban J connectivity index is 1.87. The SMILES string of the molecule is COc1ccc(CC2=N/C(=C/c3cc(OC)c(C)cc3OC)C(=O)O2)cc1. The molecular formula is C21H21NO5. The topological polar surface area (TPSA) is 66.3 Å². The second kappa shape index (κ2) is 7.95. The zero-order chi connectivity index (χ0) is 19.4. The number of esters is 1. The monoisotopic (exact) mass is 367 g/mol. The Morgan fingerprint density at radius 1 is 1.00 bits per heavy atom. The van der Waals surface area contributed by atoms with Crippen molar-refractivity contribution in [3.63, 3.8) is 0 Å². The third-order valence-corrected chi connectivity index (χ3v) is 4.22. The van der Waals surface area contributed by atoms with Crippen molar-refractivity contribution in [1.82, 2.24) is 0 Å². The van der Waals surface area contributed by atoms with Gasteiger partial charge in [-0.15, -0.1) is 0 Å². The lowest BCUT2D eigenvalue weighted by molar-refractivity contribution is -0.130. The highest BCUT2D eigenvalue weighted by molar-refractivity contribution is 6.07. The minimum Gasteiger partial charge on any atom is -0.497 e.